The van der Waals surface area contributed by atoms with Gasteiger partial charge >= 0.3 is 5.97 Å². The lowest BCUT2D eigenvalue weighted by Crippen LogP contribution is -2.59. The number of carbonyl (C=O) groups is 3. The number of esters is 1. The Morgan fingerprint density at radius 2 is 2.00 bits per heavy atom. The van der Waals surface area contributed by atoms with Gasteiger partial charge < -0.3 is 24.4 Å². The Bertz CT molecular complexity index is 1090. The predicted molar refractivity (Wildman–Crippen MR) is 148 cm³/mol. The molecule has 0 saturated carbocycles. The third kappa shape index (κ3) is 4.50. The van der Waals surface area contributed by atoms with Gasteiger partial charge in [-0.2, -0.15) is 0 Å². The number of carbonyl (C=O) groups excluding carboxylic acids is 3. The summed E-state index contributed by atoms with van der Waals surface area (Å²) in [6, 6.07) is 4.22. The largest absolute Gasteiger partial charge is 0.466 e. The van der Waals surface area contributed by atoms with E-state index < -0.39 is 41.6 Å². The van der Waals surface area contributed by atoms with E-state index in [-0.39, 0.29) is 42.3 Å². The SMILES string of the molecule is C=CCN(C(=O)[C@@H]1N([C@@H](CO)CC(C)C)C(=O)[C@H]2[C@H](C(=O)OCC)[C@H]3O[C@@]12CC3Br)c1c(C)cccc1C. The number of hydrogen-bond donors (Lipinski definition) is 1. The van der Waals surface area contributed by atoms with Crippen LogP contribution in [0.3, 0.4) is 0 Å². The number of anilines is 1. The maximum absolute atomic E-state index is 14.7. The minimum atomic E-state index is -1.22. The van der Waals surface area contributed by atoms with Crippen LogP contribution in [-0.2, 0) is 23.9 Å². The molecule has 3 fully saturated rings. The highest BCUT2D eigenvalue weighted by atomic mass is 79.9. The number of fused-ring (bicyclic) bond motifs is 1. The van der Waals surface area contributed by atoms with Gasteiger partial charge in [-0.15, -0.1) is 6.58 Å². The first-order chi connectivity index (χ1) is 18.0. The standard InChI is InChI=1S/C29H39BrN2O6/c1-7-12-31(23-17(5)10-9-11-18(23)6)27(35)25-29-14-20(30)24(38-29)21(28(36)37-8-2)22(29)26(34)32(25)19(15-33)13-16(3)4/h7,9-11,16,19-22,24-25,33H,1,8,12-15H2,2-6H3/t19-,20?,21+,22-,24+,25+,29-/m1/s1. The van der Waals surface area contributed by atoms with Crippen molar-refractivity contribution in [2.45, 2.75) is 76.1 Å². The first kappa shape index (κ1) is 28.8. The molecule has 0 radical (unpaired) electrons. The molecular weight excluding hydrogens is 552 g/mol. The highest BCUT2D eigenvalue weighted by molar-refractivity contribution is 9.09. The molecule has 1 aromatic rings. The summed E-state index contributed by atoms with van der Waals surface area (Å²) in [6.45, 7) is 13.6. The molecule has 3 aliphatic rings. The molecule has 0 aromatic heterocycles. The second-order valence-corrected chi connectivity index (χ2v) is 12.3. The Hall–Kier alpha value is -2.23. The minimum absolute atomic E-state index is 0.165. The summed E-state index contributed by atoms with van der Waals surface area (Å²) in [5.41, 5.74) is 1.39. The van der Waals surface area contributed by atoms with Crippen molar-refractivity contribution >= 4 is 39.4 Å². The number of para-hydroxylation sites is 1. The molecule has 9 heteroatoms. The van der Waals surface area contributed by atoms with Crippen molar-refractivity contribution in [1.29, 1.82) is 0 Å². The number of aliphatic hydroxyl groups excluding tert-OH is 1. The van der Waals surface area contributed by atoms with Crippen molar-refractivity contribution in [3.05, 3.63) is 42.0 Å². The second kappa shape index (κ2) is 11.1. The van der Waals surface area contributed by atoms with Crippen molar-refractivity contribution < 1.29 is 29.0 Å². The third-order valence-corrected chi connectivity index (χ3v) is 9.00. The van der Waals surface area contributed by atoms with E-state index in [1.54, 1.807) is 17.9 Å². The van der Waals surface area contributed by atoms with E-state index in [0.29, 0.717) is 12.8 Å². The monoisotopic (exact) mass is 590 g/mol. The first-order valence-electron chi connectivity index (χ1n) is 13.4. The number of hydrogen-bond acceptors (Lipinski definition) is 6. The van der Waals surface area contributed by atoms with Crippen LogP contribution in [0.1, 0.15) is 44.7 Å². The third-order valence-electron chi connectivity index (χ3n) is 8.15. The fourth-order valence-electron chi connectivity index (χ4n) is 6.87. The van der Waals surface area contributed by atoms with Gasteiger partial charge in [0.2, 0.25) is 5.91 Å². The predicted octanol–water partition coefficient (Wildman–Crippen LogP) is 3.54. The molecule has 38 heavy (non-hydrogen) atoms. The Kier molecular flexibility index (Phi) is 8.40. The van der Waals surface area contributed by atoms with E-state index in [2.05, 4.69) is 22.5 Å². The van der Waals surface area contributed by atoms with Gasteiger partial charge in [0.15, 0.2) is 0 Å². The molecule has 1 spiro atoms. The van der Waals surface area contributed by atoms with E-state index in [0.717, 1.165) is 16.8 Å². The van der Waals surface area contributed by atoms with E-state index in [1.165, 1.54) is 4.90 Å². The van der Waals surface area contributed by atoms with E-state index in [1.807, 2.05) is 45.9 Å². The summed E-state index contributed by atoms with van der Waals surface area (Å²) in [5.74, 6) is -2.64. The lowest BCUT2D eigenvalue weighted by molar-refractivity contribution is -0.155. The number of likely N-dealkylation sites (tertiary alicyclic amines) is 1. The van der Waals surface area contributed by atoms with Crippen molar-refractivity contribution in [1.82, 2.24) is 4.90 Å². The first-order valence-corrected chi connectivity index (χ1v) is 14.4. The Morgan fingerprint density at radius 1 is 1.34 bits per heavy atom. The molecule has 1 aromatic carbocycles. The van der Waals surface area contributed by atoms with Crippen LogP contribution in [-0.4, -0.2) is 76.2 Å². The average Bonchev–Trinajstić information content (AvgIpc) is 3.45. The zero-order valence-electron chi connectivity index (χ0n) is 22.9. The summed E-state index contributed by atoms with van der Waals surface area (Å²) in [5, 5.41) is 10.5. The normalized spacial score (nSPS) is 30.5. The average molecular weight is 592 g/mol. The number of rotatable bonds is 10. The zero-order chi connectivity index (χ0) is 27.9. The van der Waals surface area contributed by atoms with Gasteiger partial charge in [-0.05, 0) is 50.7 Å². The number of halogens is 1. The fourth-order valence-corrected chi connectivity index (χ4v) is 7.81. The molecule has 208 valence electrons. The van der Waals surface area contributed by atoms with Crippen molar-refractivity contribution in [2.24, 2.45) is 17.8 Å². The molecule has 1 unspecified atom stereocenters. The molecule has 0 aliphatic carbocycles. The topological polar surface area (TPSA) is 96.4 Å². The number of aryl methyl sites for hydroxylation is 2. The molecule has 3 saturated heterocycles. The highest BCUT2D eigenvalue weighted by Crippen LogP contribution is 2.61. The van der Waals surface area contributed by atoms with Crippen molar-refractivity contribution in [3.8, 4) is 0 Å². The summed E-state index contributed by atoms with van der Waals surface area (Å²) in [7, 11) is 0. The van der Waals surface area contributed by atoms with Crippen LogP contribution in [0.15, 0.2) is 30.9 Å². The lowest BCUT2D eigenvalue weighted by atomic mass is 9.70. The van der Waals surface area contributed by atoms with Crippen LogP contribution in [0, 0.1) is 31.6 Å². The van der Waals surface area contributed by atoms with Gasteiger partial charge in [-0.25, -0.2) is 0 Å². The van der Waals surface area contributed by atoms with Crippen molar-refractivity contribution in [3.63, 3.8) is 0 Å². The number of alkyl halides is 1. The molecule has 3 heterocycles. The Morgan fingerprint density at radius 3 is 2.55 bits per heavy atom. The minimum Gasteiger partial charge on any atom is -0.466 e. The molecule has 7 atom stereocenters. The van der Waals surface area contributed by atoms with Gasteiger partial charge in [-0.1, -0.05) is 54.1 Å². The summed E-state index contributed by atoms with van der Waals surface area (Å²) >= 11 is 3.68. The maximum Gasteiger partial charge on any atom is 0.312 e. The Labute approximate surface area is 233 Å². The summed E-state index contributed by atoms with van der Waals surface area (Å²) in [4.78, 5) is 45.1. The highest BCUT2D eigenvalue weighted by Gasteiger charge is 2.77. The number of amides is 2. The van der Waals surface area contributed by atoms with Crippen molar-refractivity contribution in [2.75, 3.05) is 24.7 Å². The number of nitrogens with zero attached hydrogens (tertiary/aromatic N) is 2. The number of aliphatic hydroxyl groups is 1. The van der Waals surface area contributed by atoms with E-state index >= 15 is 0 Å². The number of benzene rings is 1. The van der Waals surface area contributed by atoms with Gasteiger partial charge in [0.25, 0.3) is 5.91 Å². The molecule has 4 rings (SSSR count). The van der Waals surface area contributed by atoms with E-state index in [4.69, 9.17) is 9.47 Å². The van der Waals surface area contributed by atoms with Crippen LogP contribution < -0.4 is 4.90 Å². The van der Waals surface area contributed by atoms with Crippen LogP contribution in [0.5, 0.6) is 0 Å². The molecule has 3 aliphatic heterocycles. The zero-order valence-corrected chi connectivity index (χ0v) is 24.4. The van der Waals surface area contributed by atoms with Gasteiger partial charge in [0.05, 0.1) is 37.2 Å². The van der Waals surface area contributed by atoms with Crippen LogP contribution in [0.25, 0.3) is 0 Å². The second-order valence-electron chi connectivity index (χ2n) is 11.1. The molecular formula is C29H39BrN2O6. The Balaban J connectivity index is 1.88. The molecule has 2 amide bonds. The number of ether oxygens (including phenoxy) is 2. The lowest BCUT2D eigenvalue weighted by Gasteiger charge is -2.40. The van der Waals surface area contributed by atoms with Gasteiger partial charge in [0.1, 0.15) is 11.6 Å². The van der Waals surface area contributed by atoms with Gasteiger partial charge in [0, 0.05) is 17.1 Å². The van der Waals surface area contributed by atoms with Crippen LogP contribution in [0.4, 0.5) is 5.69 Å². The van der Waals surface area contributed by atoms with E-state index in [9.17, 15) is 19.5 Å². The summed E-state index contributed by atoms with van der Waals surface area (Å²) in [6.07, 6.45) is 1.99. The molecule has 1 N–H and O–H groups in total. The maximum atomic E-state index is 14.7. The van der Waals surface area contributed by atoms with Crippen LogP contribution >= 0.6 is 15.9 Å². The fraction of sp³-hybridized carbons (Fsp3) is 0.621. The van der Waals surface area contributed by atoms with Crippen LogP contribution in [0.2, 0.25) is 0 Å². The smallest absolute Gasteiger partial charge is 0.312 e. The quantitative estimate of drug-likeness (QED) is 0.254. The molecule has 2 bridgehead atoms. The molecule has 8 nitrogen and oxygen atoms in total. The summed E-state index contributed by atoms with van der Waals surface area (Å²) < 4.78 is 12.0. The van der Waals surface area contributed by atoms with Gasteiger partial charge in [-0.3, -0.25) is 14.4 Å².